The smallest absolute Gasteiger partial charge is 0.219 e. The summed E-state index contributed by atoms with van der Waals surface area (Å²) in [7, 11) is 0. The van der Waals surface area contributed by atoms with Crippen LogP contribution in [0.2, 0.25) is 0 Å². The third-order valence-electron chi connectivity index (χ3n) is 1.19. The molecular formula is C7H15NO2. The van der Waals surface area contributed by atoms with Crippen LogP contribution < -0.4 is 5.32 Å². The van der Waals surface area contributed by atoms with Crippen LogP contribution in [0.15, 0.2) is 0 Å². The van der Waals surface area contributed by atoms with Crippen molar-refractivity contribution in [3.63, 3.8) is 0 Å². The van der Waals surface area contributed by atoms with E-state index >= 15 is 0 Å². The van der Waals surface area contributed by atoms with Crippen LogP contribution in [-0.2, 0) is 4.79 Å². The third-order valence-corrected chi connectivity index (χ3v) is 1.19. The van der Waals surface area contributed by atoms with E-state index < -0.39 is 0 Å². The molecule has 0 atom stereocenters. The first-order valence-electron chi connectivity index (χ1n) is 3.68. The van der Waals surface area contributed by atoms with E-state index in [1.165, 1.54) is 0 Å². The van der Waals surface area contributed by atoms with E-state index in [2.05, 4.69) is 5.32 Å². The molecule has 0 saturated heterocycles. The van der Waals surface area contributed by atoms with E-state index in [-0.39, 0.29) is 12.5 Å². The lowest BCUT2D eigenvalue weighted by atomic mass is 10.2. The van der Waals surface area contributed by atoms with Crippen molar-refractivity contribution in [1.29, 1.82) is 0 Å². The van der Waals surface area contributed by atoms with Crippen LogP contribution in [0.25, 0.3) is 0 Å². The largest absolute Gasteiger partial charge is 0.396 e. The third kappa shape index (κ3) is 5.56. The highest BCUT2D eigenvalue weighted by molar-refractivity contribution is 5.75. The predicted molar refractivity (Wildman–Crippen MR) is 39.6 cm³/mol. The maximum atomic E-state index is 10.7. The first-order chi connectivity index (χ1) is 4.81. The van der Waals surface area contributed by atoms with E-state index in [1.807, 2.05) is 6.92 Å². The Morgan fingerprint density at radius 3 is 2.70 bits per heavy atom. The minimum absolute atomic E-state index is 0.0796. The molecule has 60 valence electrons. The van der Waals surface area contributed by atoms with Crippen molar-refractivity contribution in [3.05, 3.63) is 0 Å². The second-order valence-electron chi connectivity index (χ2n) is 2.13. The zero-order valence-corrected chi connectivity index (χ0v) is 6.39. The van der Waals surface area contributed by atoms with Gasteiger partial charge in [0.15, 0.2) is 0 Å². The van der Waals surface area contributed by atoms with Crippen molar-refractivity contribution in [2.45, 2.75) is 26.2 Å². The lowest BCUT2D eigenvalue weighted by Crippen LogP contribution is -2.22. The quantitative estimate of drug-likeness (QED) is 0.546. The summed E-state index contributed by atoms with van der Waals surface area (Å²) in [6.07, 6.45) is 2.04. The van der Waals surface area contributed by atoms with E-state index in [9.17, 15) is 4.79 Å². The molecule has 0 aromatic rings. The van der Waals surface area contributed by atoms with Gasteiger partial charge in [0.25, 0.3) is 0 Å². The van der Waals surface area contributed by atoms with Crippen LogP contribution >= 0.6 is 0 Å². The SMILES string of the molecule is CCNC(=O)CCCCO. The summed E-state index contributed by atoms with van der Waals surface area (Å²) in [6.45, 7) is 2.77. The van der Waals surface area contributed by atoms with Gasteiger partial charge in [-0.1, -0.05) is 0 Å². The number of aliphatic hydroxyl groups excluding tert-OH is 1. The fourth-order valence-corrected chi connectivity index (χ4v) is 0.683. The molecule has 0 radical (unpaired) electrons. The molecule has 1 amide bonds. The number of carbonyl (C=O) groups excluding carboxylic acids is 1. The highest BCUT2D eigenvalue weighted by Gasteiger charge is 1.96. The number of rotatable bonds is 5. The summed E-state index contributed by atoms with van der Waals surface area (Å²) in [5.41, 5.74) is 0. The fraction of sp³-hybridized carbons (Fsp3) is 0.857. The molecule has 0 aromatic heterocycles. The first-order valence-corrected chi connectivity index (χ1v) is 3.68. The molecule has 0 heterocycles. The molecule has 2 N–H and O–H groups in total. The molecule has 0 fully saturated rings. The Kier molecular flexibility index (Phi) is 6.18. The van der Waals surface area contributed by atoms with Gasteiger partial charge in [0.1, 0.15) is 0 Å². The number of unbranched alkanes of at least 4 members (excludes halogenated alkanes) is 1. The zero-order valence-electron chi connectivity index (χ0n) is 6.39. The lowest BCUT2D eigenvalue weighted by Gasteiger charge is -1.99. The summed E-state index contributed by atoms with van der Waals surface area (Å²) in [4.78, 5) is 10.7. The second kappa shape index (κ2) is 6.55. The van der Waals surface area contributed by atoms with Crippen LogP contribution in [0.1, 0.15) is 26.2 Å². The van der Waals surface area contributed by atoms with Gasteiger partial charge < -0.3 is 10.4 Å². The lowest BCUT2D eigenvalue weighted by molar-refractivity contribution is -0.121. The summed E-state index contributed by atoms with van der Waals surface area (Å²) in [6, 6.07) is 0. The van der Waals surface area contributed by atoms with Crippen LogP contribution in [0.5, 0.6) is 0 Å². The van der Waals surface area contributed by atoms with Gasteiger partial charge in [0.2, 0.25) is 5.91 Å². The monoisotopic (exact) mass is 145 g/mol. The molecule has 0 saturated carbocycles. The van der Waals surface area contributed by atoms with Crippen LogP contribution in [0.4, 0.5) is 0 Å². The molecule has 0 spiro atoms. The van der Waals surface area contributed by atoms with Gasteiger partial charge >= 0.3 is 0 Å². The first kappa shape index (κ1) is 9.43. The number of hydrogen-bond donors (Lipinski definition) is 2. The zero-order chi connectivity index (χ0) is 7.82. The molecule has 0 unspecified atom stereocenters. The number of hydrogen-bond acceptors (Lipinski definition) is 2. The molecule has 0 bridgehead atoms. The maximum absolute atomic E-state index is 10.7. The normalized spacial score (nSPS) is 9.40. The molecule has 10 heavy (non-hydrogen) atoms. The van der Waals surface area contributed by atoms with Crippen molar-refractivity contribution >= 4 is 5.91 Å². The number of amides is 1. The molecular weight excluding hydrogens is 130 g/mol. The molecule has 0 rings (SSSR count). The number of carbonyl (C=O) groups is 1. The summed E-state index contributed by atoms with van der Waals surface area (Å²) in [5, 5.41) is 11.1. The summed E-state index contributed by atoms with van der Waals surface area (Å²) < 4.78 is 0. The van der Waals surface area contributed by atoms with Gasteiger partial charge in [0, 0.05) is 19.6 Å². The minimum atomic E-state index is 0.0796. The Hall–Kier alpha value is -0.570. The molecule has 0 aliphatic heterocycles. The van der Waals surface area contributed by atoms with E-state index in [0.717, 1.165) is 12.8 Å². The molecule has 3 nitrogen and oxygen atoms in total. The van der Waals surface area contributed by atoms with Crippen molar-refractivity contribution in [2.75, 3.05) is 13.2 Å². The molecule has 3 heteroatoms. The second-order valence-corrected chi connectivity index (χ2v) is 2.13. The fourth-order valence-electron chi connectivity index (χ4n) is 0.683. The summed E-state index contributed by atoms with van der Waals surface area (Å²) in [5.74, 6) is 0.0796. The van der Waals surface area contributed by atoms with E-state index in [1.54, 1.807) is 0 Å². The van der Waals surface area contributed by atoms with Crippen molar-refractivity contribution < 1.29 is 9.90 Å². The Bertz CT molecular complexity index is 93.6. The predicted octanol–water partition coefficient (Wildman–Crippen LogP) is 0.285. The molecule has 0 aromatic carbocycles. The van der Waals surface area contributed by atoms with Crippen LogP contribution in [0, 0.1) is 0 Å². The Morgan fingerprint density at radius 2 is 2.20 bits per heavy atom. The average Bonchev–Trinajstić information content (AvgIpc) is 1.89. The van der Waals surface area contributed by atoms with Crippen molar-refractivity contribution in [3.8, 4) is 0 Å². The van der Waals surface area contributed by atoms with Gasteiger partial charge in [-0.3, -0.25) is 4.79 Å². The Labute approximate surface area is 61.4 Å². The van der Waals surface area contributed by atoms with Gasteiger partial charge in [-0.15, -0.1) is 0 Å². The summed E-state index contributed by atoms with van der Waals surface area (Å²) >= 11 is 0. The van der Waals surface area contributed by atoms with Gasteiger partial charge in [-0.25, -0.2) is 0 Å². The Morgan fingerprint density at radius 1 is 1.50 bits per heavy atom. The van der Waals surface area contributed by atoms with Crippen molar-refractivity contribution in [2.24, 2.45) is 0 Å². The molecule has 0 aliphatic rings. The topological polar surface area (TPSA) is 49.3 Å². The highest BCUT2D eigenvalue weighted by atomic mass is 16.2. The van der Waals surface area contributed by atoms with Crippen LogP contribution in [0.3, 0.4) is 0 Å². The van der Waals surface area contributed by atoms with Gasteiger partial charge in [0.05, 0.1) is 0 Å². The highest BCUT2D eigenvalue weighted by Crippen LogP contribution is 1.92. The standard InChI is InChI=1S/C7H15NO2/c1-2-8-7(10)5-3-4-6-9/h9H,2-6H2,1H3,(H,8,10). The van der Waals surface area contributed by atoms with Gasteiger partial charge in [-0.2, -0.15) is 0 Å². The van der Waals surface area contributed by atoms with Gasteiger partial charge in [-0.05, 0) is 19.8 Å². The molecule has 0 aliphatic carbocycles. The van der Waals surface area contributed by atoms with Crippen molar-refractivity contribution in [1.82, 2.24) is 5.32 Å². The van der Waals surface area contributed by atoms with Crippen LogP contribution in [-0.4, -0.2) is 24.2 Å². The number of nitrogens with one attached hydrogen (secondary N) is 1. The minimum Gasteiger partial charge on any atom is -0.396 e. The van der Waals surface area contributed by atoms with E-state index in [4.69, 9.17) is 5.11 Å². The number of aliphatic hydroxyl groups is 1. The Balaban J connectivity index is 3.05. The average molecular weight is 145 g/mol. The van der Waals surface area contributed by atoms with E-state index in [0.29, 0.717) is 13.0 Å². The maximum Gasteiger partial charge on any atom is 0.219 e.